The first kappa shape index (κ1) is 14.9. The standard InChI is InChI=1S/C13H19N3O3/c1-3-13(4-2,12(18)19)8-16-10-6-5-9(7-15-10)11(14)17/h5-7H,3-4,8H2,1-2H3,(H2,14,17)(H,15,16)(H,18,19). The number of nitrogens with one attached hydrogen (secondary N) is 1. The fourth-order valence-corrected chi connectivity index (χ4v) is 1.78. The van der Waals surface area contributed by atoms with E-state index in [2.05, 4.69) is 10.3 Å². The highest BCUT2D eigenvalue weighted by Crippen LogP contribution is 2.27. The molecule has 0 aromatic carbocycles. The van der Waals surface area contributed by atoms with E-state index < -0.39 is 17.3 Å². The van der Waals surface area contributed by atoms with Crippen LogP contribution in [0.2, 0.25) is 0 Å². The predicted octanol–water partition coefficient (Wildman–Crippen LogP) is 1.48. The second kappa shape index (κ2) is 6.17. The molecule has 104 valence electrons. The Hall–Kier alpha value is -2.11. The maximum atomic E-state index is 11.3. The van der Waals surface area contributed by atoms with Gasteiger partial charge in [-0.05, 0) is 25.0 Å². The number of anilines is 1. The number of aliphatic carboxylic acids is 1. The summed E-state index contributed by atoms with van der Waals surface area (Å²) in [5.74, 6) is -0.836. The number of carbonyl (C=O) groups excluding carboxylic acids is 1. The molecule has 6 heteroatoms. The predicted molar refractivity (Wildman–Crippen MR) is 71.9 cm³/mol. The molecule has 6 nitrogen and oxygen atoms in total. The molecule has 0 bridgehead atoms. The zero-order valence-corrected chi connectivity index (χ0v) is 11.1. The van der Waals surface area contributed by atoms with E-state index in [0.717, 1.165) is 0 Å². The summed E-state index contributed by atoms with van der Waals surface area (Å²) >= 11 is 0. The number of pyridine rings is 1. The first-order chi connectivity index (χ1) is 8.95. The van der Waals surface area contributed by atoms with Crippen LogP contribution in [-0.2, 0) is 4.79 Å². The number of nitrogens with two attached hydrogens (primary N) is 1. The number of rotatable bonds is 7. The topological polar surface area (TPSA) is 105 Å². The molecule has 0 aliphatic rings. The number of nitrogens with zero attached hydrogens (tertiary/aromatic N) is 1. The summed E-state index contributed by atoms with van der Waals surface area (Å²) < 4.78 is 0. The second-order valence-electron chi connectivity index (χ2n) is 4.44. The van der Waals surface area contributed by atoms with Gasteiger partial charge in [-0.25, -0.2) is 4.98 Å². The summed E-state index contributed by atoms with van der Waals surface area (Å²) in [5, 5.41) is 12.3. The molecule has 0 radical (unpaired) electrons. The molecule has 0 atom stereocenters. The Morgan fingerprint density at radius 3 is 2.37 bits per heavy atom. The normalized spacial score (nSPS) is 11.1. The van der Waals surface area contributed by atoms with Crippen LogP contribution in [0.5, 0.6) is 0 Å². The van der Waals surface area contributed by atoms with Gasteiger partial charge in [-0.1, -0.05) is 13.8 Å². The number of carboxylic acids is 1. The van der Waals surface area contributed by atoms with Crippen molar-refractivity contribution in [2.24, 2.45) is 11.1 Å². The zero-order chi connectivity index (χ0) is 14.5. The van der Waals surface area contributed by atoms with Gasteiger partial charge in [0.25, 0.3) is 0 Å². The van der Waals surface area contributed by atoms with Crippen LogP contribution in [0.1, 0.15) is 37.0 Å². The number of hydrogen-bond acceptors (Lipinski definition) is 4. The summed E-state index contributed by atoms with van der Waals surface area (Å²) in [7, 11) is 0. The Kier molecular flexibility index (Phi) is 4.86. The van der Waals surface area contributed by atoms with E-state index >= 15 is 0 Å². The summed E-state index contributed by atoms with van der Waals surface area (Å²) in [5.41, 5.74) is 4.63. The number of primary amides is 1. The minimum Gasteiger partial charge on any atom is -0.481 e. The molecule has 0 saturated heterocycles. The quantitative estimate of drug-likeness (QED) is 0.692. The van der Waals surface area contributed by atoms with Gasteiger partial charge in [0, 0.05) is 12.7 Å². The monoisotopic (exact) mass is 265 g/mol. The summed E-state index contributed by atoms with van der Waals surface area (Å²) in [6.07, 6.45) is 2.43. The lowest BCUT2D eigenvalue weighted by Crippen LogP contribution is -2.37. The molecule has 0 unspecified atom stereocenters. The van der Waals surface area contributed by atoms with Gasteiger partial charge < -0.3 is 16.2 Å². The molecule has 1 aromatic heterocycles. The molecule has 1 aromatic rings. The Morgan fingerprint density at radius 1 is 1.37 bits per heavy atom. The fourth-order valence-electron chi connectivity index (χ4n) is 1.78. The van der Waals surface area contributed by atoms with Gasteiger partial charge in [0.05, 0.1) is 11.0 Å². The number of hydrogen-bond donors (Lipinski definition) is 3. The lowest BCUT2D eigenvalue weighted by molar-refractivity contribution is -0.148. The maximum Gasteiger partial charge on any atom is 0.311 e. The third kappa shape index (κ3) is 3.43. The van der Waals surface area contributed by atoms with E-state index in [4.69, 9.17) is 5.73 Å². The van der Waals surface area contributed by atoms with E-state index in [9.17, 15) is 14.7 Å². The van der Waals surface area contributed by atoms with Crippen LogP contribution >= 0.6 is 0 Å². The van der Waals surface area contributed by atoms with Crippen molar-refractivity contribution in [3.05, 3.63) is 23.9 Å². The van der Waals surface area contributed by atoms with E-state index in [0.29, 0.717) is 24.2 Å². The van der Waals surface area contributed by atoms with Crippen LogP contribution in [0.15, 0.2) is 18.3 Å². The molecule has 1 heterocycles. The van der Waals surface area contributed by atoms with Gasteiger partial charge in [0.15, 0.2) is 0 Å². The third-order valence-electron chi connectivity index (χ3n) is 3.46. The second-order valence-corrected chi connectivity index (χ2v) is 4.44. The molecular formula is C13H19N3O3. The number of carbonyl (C=O) groups is 2. The average Bonchev–Trinajstić information content (AvgIpc) is 2.40. The van der Waals surface area contributed by atoms with Crippen molar-refractivity contribution in [1.82, 2.24) is 4.98 Å². The SMILES string of the molecule is CCC(CC)(CNc1ccc(C(N)=O)cn1)C(=O)O. The average molecular weight is 265 g/mol. The number of amides is 1. The molecule has 0 saturated carbocycles. The molecule has 0 aliphatic heterocycles. The summed E-state index contributed by atoms with van der Waals surface area (Å²) in [4.78, 5) is 26.2. The van der Waals surface area contributed by atoms with E-state index in [1.807, 2.05) is 13.8 Å². The van der Waals surface area contributed by atoms with Gasteiger partial charge in [-0.2, -0.15) is 0 Å². The minimum atomic E-state index is -0.821. The first-order valence-corrected chi connectivity index (χ1v) is 6.18. The van der Waals surface area contributed by atoms with Crippen LogP contribution < -0.4 is 11.1 Å². The number of aromatic nitrogens is 1. The van der Waals surface area contributed by atoms with Gasteiger partial charge >= 0.3 is 5.97 Å². The van der Waals surface area contributed by atoms with Crippen molar-refractivity contribution < 1.29 is 14.7 Å². The molecule has 0 aliphatic carbocycles. The molecule has 19 heavy (non-hydrogen) atoms. The highest BCUT2D eigenvalue weighted by atomic mass is 16.4. The molecular weight excluding hydrogens is 246 g/mol. The zero-order valence-electron chi connectivity index (χ0n) is 11.1. The highest BCUT2D eigenvalue weighted by molar-refractivity contribution is 5.92. The summed E-state index contributed by atoms with van der Waals surface area (Å²) in [6, 6.07) is 3.16. The highest BCUT2D eigenvalue weighted by Gasteiger charge is 2.34. The van der Waals surface area contributed by atoms with Crippen molar-refractivity contribution in [3.63, 3.8) is 0 Å². The van der Waals surface area contributed by atoms with E-state index in [1.165, 1.54) is 6.20 Å². The third-order valence-corrected chi connectivity index (χ3v) is 3.46. The lowest BCUT2D eigenvalue weighted by atomic mass is 9.82. The van der Waals surface area contributed by atoms with Crippen molar-refractivity contribution in [3.8, 4) is 0 Å². The Labute approximate surface area is 112 Å². The summed E-state index contributed by atoms with van der Waals surface area (Å²) in [6.45, 7) is 3.99. The van der Waals surface area contributed by atoms with Gasteiger partial charge in [-0.3, -0.25) is 9.59 Å². The molecule has 0 fully saturated rings. The van der Waals surface area contributed by atoms with Crippen LogP contribution in [-0.4, -0.2) is 28.5 Å². The lowest BCUT2D eigenvalue weighted by Gasteiger charge is -2.27. The molecule has 4 N–H and O–H groups in total. The van der Waals surface area contributed by atoms with Gasteiger partial charge in [-0.15, -0.1) is 0 Å². The first-order valence-electron chi connectivity index (χ1n) is 6.18. The Morgan fingerprint density at radius 2 is 2.00 bits per heavy atom. The van der Waals surface area contributed by atoms with Crippen LogP contribution in [0.4, 0.5) is 5.82 Å². The van der Waals surface area contributed by atoms with Crippen molar-refractivity contribution >= 4 is 17.7 Å². The van der Waals surface area contributed by atoms with Crippen molar-refractivity contribution in [2.45, 2.75) is 26.7 Å². The van der Waals surface area contributed by atoms with Gasteiger partial charge in [0.2, 0.25) is 5.91 Å². The maximum absolute atomic E-state index is 11.3. The number of carboxylic acid groups (broad SMARTS) is 1. The smallest absolute Gasteiger partial charge is 0.311 e. The van der Waals surface area contributed by atoms with Gasteiger partial charge in [0.1, 0.15) is 5.82 Å². The Balaban J connectivity index is 2.75. The van der Waals surface area contributed by atoms with Crippen LogP contribution in [0, 0.1) is 5.41 Å². The van der Waals surface area contributed by atoms with E-state index in [1.54, 1.807) is 12.1 Å². The fraction of sp³-hybridized carbons (Fsp3) is 0.462. The molecule has 1 rings (SSSR count). The molecule has 1 amide bonds. The van der Waals surface area contributed by atoms with E-state index in [-0.39, 0.29) is 6.54 Å². The largest absolute Gasteiger partial charge is 0.481 e. The van der Waals surface area contributed by atoms with Crippen molar-refractivity contribution in [1.29, 1.82) is 0 Å². The minimum absolute atomic E-state index is 0.290. The van der Waals surface area contributed by atoms with Crippen LogP contribution in [0.25, 0.3) is 0 Å². The van der Waals surface area contributed by atoms with Crippen LogP contribution in [0.3, 0.4) is 0 Å². The molecule has 0 spiro atoms. The van der Waals surface area contributed by atoms with Crippen molar-refractivity contribution in [2.75, 3.05) is 11.9 Å². The Bertz CT molecular complexity index is 453.